The lowest BCUT2D eigenvalue weighted by Crippen LogP contribution is -1.99. The monoisotopic (exact) mass is 610 g/mol. The van der Waals surface area contributed by atoms with Gasteiger partial charge in [-0.1, -0.05) is 109 Å². The van der Waals surface area contributed by atoms with Gasteiger partial charge in [0.1, 0.15) is 0 Å². The molecule has 0 saturated carbocycles. The molecule has 0 bridgehead atoms. The van der Waals surface area contributed by atoms with Gasteiger partial charge in [0.15, 0.2) is 0 Å². The molecule has 0 spiro atoms. The number of nitrogens with zero attached hydrogens (tertiary/aromatic N) is 4. The van der Waals surface area contributed by atoms with Crippen LogP contribution in [0.25, 0.3) is 82.1 Å². The van der Waals surface area contributed by atoms with Crippen molar-refractivity contribution in [2.45, 2.75) is 0 Å². The number of aromatic nitrogens is 2. The summed E-state index contributed by atoms with van der Waals surface area (Å²) in [6.07, 6.45) is 0. The number of hydrogen-bond donors (Lipinski definition) is 0. The molecule has 0 radical (unpaired) electrons. The molecule has 0 amide bonds. The molecule has 9 aromatic rings. The zero-order valence-corrected chi connectivity index (χ0v) is 25.8. The van der Waals surface area contributed by atoms with E-state index in [0.29, 0.717) is 11.3 Å². The van der Waals surface area contributed by atoms with Crippen LogP contribution in [-0.4, -0.2) is 9.13 Å². The Hall–Kier alpha value is -6.88. The number of nitriles is 1. The highest BCUT2D eigenvalue weighted by Gasteiger charge is 2.19. The van der Waals surface area contributed by atoms with E-state index in [9.17, 15) is 5.26 Å². The van der Waals surface area contributed by atoms with Crippen LogP contribution in [0.2, 0.25) is 0 Å². The minimum Gasteiger partial charge on any atom is -0.319 e. The van der Waals surface area contributed by atoms with Crippen LogP contribution in [0.4, 0.5) is 5.69 Å². The number of benzene rings is 7. The van der Waals surface area contributed by atoms with Gasteiger partial charge in [-0.15, -0.1) is 0 Å². The third kappa shape index (κ3) is 4.07. The first-order valence-corrected chi connectivity index (χ1v) is 15.9. The molecule has 0 fully saturated rings. The highest BCUT2D eigenvalue weighted by Crippen LogP contribution is 2.40. The number of rotatable bonds is 4. The maximum absolute atomic E-state index is 10.4. The first-order chi connectivity index (χ1) is 23.7. The molecule has 7 aromatic carbocycles. The SMILES string of the molecule is [C-]#[N+]c1cccc2c3ccccc3n(-c3cccc(-c4cccc(-c5c(C#N)cccc5-n5c6ccccc6c6ccccc65)c4)c3)c12. The Balaban J connectivity index is 1.24. The van der Waals surface area contributed by atoms with Crippen molar-refractivity contribution in [3.8, 4) is 39.7 Å². The molecule has 48 heavy (non-hydrogen) atoms. The molecule has 0 N–H and O–H groups in total. The molecular weight excluding hydrogens is 585 g/mol. The normalized spacial score (nSPS) is 11.3. The van der Waals surface area contributed by atoms with Crippen LogP contribution in [0, 0.1) is 17.9 Å². The summed E-state index contributed by atoms with van der Waals surface area (Å²) < 4.78 is 4.49. The Morgan fingerprint density at radius 2 is 1.04 bits per heavy atom. The van der Waals surface area contributed by atoms with Crippen LogP contribution < -0.4 is 0 Å². The van der Waals surface area contributed by atoms with Gasteiger partial charge in [-0.3, -0.25) is 0 Å². The molecule has 0 atom stereocenters. The molecule has 2 heterocycles. The van der Waals surface area contributed by atoms with Crippen molar-refractivity contribution in [3.05, 3.63) is 175 Å². The fourth-order valence-corrected chi connectivity index (χ4v) is 7.34. The summed E-state index contributed by atoms with van der Waals surface area (Å²) in [5.74, 6) is 0. The highest BCUT2D eigenvalue weighted by molar-refractivity contribution is 6.13. The van der Waals surface area contributed by atoms with E-state index in [1.165, 1.54) is 10.8 Å². The molecule has 4 nitrogen and oxygen atoms in total. The largest absolute Gasteiger partial charge is 0.319 e. The van der Waals surface area contributed by atoms with Gasteiger partial charge in [-0.25, -0.2) is 4.85 Å². The third-order valence-corrected chi connectivity index (χ3v) is 9.37. The van der Waals surface area contributed by atoms with Crippen molar-refractivity contribution in [1.29, 1.82) is 5.26 Å². The van der Waals surface area contributed by atoms with E-state index in [-0.39, 0.29) is 0 Å². The Morgan fingerprint density at radius 3 is 1.73 bits per heavy atom. The van der Waals surface area contributed by atoms with E-state index in [1.54, 1.807) is 0 Å². The maximum Gasteiger partial charge on any atom is 0.211 e. The van der Waals surface area contributed by atoms with Crippen molar-refractivity contribution >= 4 is 49.3 Å². The van der Waals surface area contributed by atoms with Crippen LogP contribution in [-0.2, 0) is 0 Å². The Bertz CT molecular complexity index is 2760. The van der Waals surface area contributed by atoms with Gasteiger partial charge < -0.3 is 9.13 Å². The van der Waals surface area contributed by atoms with Gasteiger partial charge in [-0.05, 0) is 70.6 Å². The van der Waals surface area contributed by atoms with E-state index >= 15 is 0 Å². The summed E-state index contributed by atoms with van der Waals surface area (Å²) in [6.45, 7) is 7.92. The molecule has 2 aromatic heterocycles. The van der Waals surface area contributed by atoms with E-state index in [0.717, 1.165) is 66.5 Å². The summed E-state index contributed by atoms with van der Waals surface area (Å²) >= 11 is 0. The molecule has 222 valence electrons. The summed E-state index contributed by atoms with van der Waals surface area (Å²) in [4.78, 5) is 3.89. The van der Waals surface area contributed by atoms with E-state index in [1.807, 2.05) is 36.4 Å². The summed E-state index contributed by atoms with van der Waals surface area (Å²) in [7, 11) is 0. The van der Waals surface area contributed by atoms with Crippen LogP contribution in [0.1, 0.15) is 5.56 Å². The van der Waals surface area contributed by atoms with Crippen molar-refractivity contribution in [3.63, 3.8) is 0 Å². The number of fused-ring (bicyclic) bond motifs is 6. The predicted octanol–water partition coefficient (Wildman–Crippen LogP) is 11.6. The minimum absolute atomic E-state index is 0.622. The zero-order valence-electron chi connectivity index (χ0n) is 25.8. The molecule has 4 heteroatoms. The van der Waals surface area contributed by atoms with Gasteiger partial charge in [0.2, 0.25) is 5.69 Å². The fourth-order valence-electron chi connectivity index (χ4n) is 7.34. The van der Waals surface area contributed by atoms with Crippen molar-refractivity contribution in [1.82, 2.24) is 9.13 Å². The molecule has 0 unspecified atom stereocenters. The zero-order chi connectivity index (χ0) is 32.2. The van der Waals surface area contributed by atoms with Crippen LogP contribution in [0.15, 0.2) is 158 Å². The average molecular weight is 611 g/mol. The van der Waals surface area contributed by atoms with Gasteiger partial charge in [0, 0.05) is 27.4 Å². The predicted molar refractivity (Wildman–Crippen MR) is 197 cm³/mol. The lowest BCUT2D eigenvalue weighted by Gasteiger charge is -2.16. The fraction of sp³-hybridized carbons (Fsp3) is 0. The molecule has 0 aliphatic carbocycles. The van der Waals surface area contributed by atoms with Crippen LogP contribution in [0.3, 0.4) is 0 Å². The van der Waals surface area contributed by atoms with Crippen LogP contribution >= 0.6 is 0 Å². The molecule has 9 rings (SSSR count). The van der Waals surface area contributed by atoms with Crippen molar-refractivity contribution in [2.24, 2.45) is 0 Å². The molecular formula is C44H26N4. The van der Waals surface area contributed by atoms with Crippen molar-refractivity contribution in [2.75, 3.05) is 0 Å². The second-order valence-electron chi connectivity index (χ2n) is 12.0. The maximum atomic E-state index is 10.4. The van der Waals surface area contributed by atoms with Crippen LogP contribution in [0.5, 0.6) is 0 Å². The second kappa shape index (κ2) is 10.9. The molecule has 0 aliphatic rings. The van der Waals surface area contributed by atoms with Gasteiger partial charge in [0.25, 0.3) is 0 Å². The molecule has 0 saturated heterocycles. The summed E-state index contributed by atoms with van der Waals surface area (Å²) in [5, 5.41) is 14.9. The third-order valence-electron chi connectivity index (χ3n) is 9.37. The first-order valence-electron chi connectivity index (χ1n) is 15.9. The number of hydrogen-bond acceptors (Lipinski definition) is 1. The van der Waals surface area contributed by atoms with Gasteiger partial charge in [0.05, 0.1) is 46.0 Å². The molecule has 0 aliphatic heterocycles. The summed E-state index contributed by atoms with van der Waals surface area (Å²) in [5.41, 5.74) is 11.3. The average Bonchev–Trinajstić information content (AvgIpc) is 3.68. The highest BCUT2D eigenvalue weighted by atomic mass is 15.0. The smallest absolute Gasteiger partial charge is 0.211 e. The van der Waals surface area contributed by atoms with Crippen molar-refractivity contribution < 1.29 is 0 Å². The van der Waals surface area contributed by atoms with Gasteiger partial charge >= 0.3 is 0 Å². The lowest BCUT2D eigenvalue weighted by molar-refractivity contribution is 1.18. The van der Waals surface area contributed by atoms with E-state index in [2.05, 4.69) is 141 Å². The lowest BCUT2D eigenvalue weighted by atomic mass is 9.94. The van der Waals surface area contributed by atoms with Gasteiger partial charge in [-0.2, -0.15) is 5.26 Å². The topological polar surface area (TPSA) is 38.0 Å². The Labute approximate surface area is 277 Å². The van der Waals surface area contributed by atoms with E-state index in [4.69, 9.17) is 6.57 Å². The minimum atomic E-state index is 0.622. The first kappa shape index (κ1) is 27.4. The number of para-hydroxylation sites is 4. The summed E-state index contributed by atoms with van der Waals surface area (Å²) in [6, 6.07) is 56.6. The standard InChI is InChI=1S/C44H26N4/c1-46-38-21-11-20-37-36-19-4-5-22-39(36)47(44(37)38)33-16-9-13-30(27-33)29-12-8-14-31(26-29)43-32(28-45)15-10-25-42(43)48-40-23-6-2-17-34(40)35-18-3-7-24-41(35)48/h2-27H. The van der Waals surface area contributed by atoms with E-state index < -0.39 is 0 Å². The Morgan fingerprint density at radius 1 is 0.500 bits per heavy atom. The second-order valence-corrected chi connectivity index (χ2v) is 12.0. The quantitative estimate of drug-likeness (QED) is 0.183. The Kier molecular flexibility index (Phi) is 6.22.